The third kappa shape index (κ3) is 2.88. The van der Waals surface area contributed by atoms with Crippen molar-refractivity contribution in [1.29, 1.82) is 0 Å². The van der Waals surface area contributed by atoms with E-state index in [1.165, 1.54) is 18.4 Å². The van der Waals surface area contributed by atoms with E-state index in [2.05, 4.69) is 19.9 Å². The molecule has 0 amide bonds. The van der Waals surface area contributed by atoms with Gasteiger partial charge in [-0.3, -0.25) is 0 Å². The van der Waals surface area contributed by atoms with Crippen molar-refractivity contribution < 1.29 is 9.47 Å². The van der Waals surface area contributed by atoms with Crippen LogP contribution in [0.25, 0.3) is 0 Å². The molecule has 1 rings (SSSR count). The summed E-state index contributed by atoms with van der Waals surface area (Å²) in [6, 6.07) is 5.97. The molecule has 0 aliphatic heterocycles. The van der Waals surface area contributed by atoms with Crippen molar-refractivity contribution in [2.24, 2.45) is 0 Å². The number of ether oxygens (including phenoxy) is 2. The van der Waals surface area contributed by atoms with E-state index in [9.17, 15) is 0 Å². The number of rotatable bonds is 5. The molecule has 0 bridgehead atoms. The van der Waals surface area contributed by atoms with Crippen LogP contribution in [0, 0.1) is 0 Å². The minimum atomic E-state index is 0.514. The molecule has 2 heteroatoms. The Hall–Kier alpha value is -1.18. The van der Waals surface area contributed by atoms with Crippen LogP contribution in [0.1, 0.15) is 38.2 Å². The summed E-state index contributed by atoms with van der Waals surface area (Å²) in [7, 11) is 3.40. The van der Waals surface area contributed by atoms with Crippen LogP contribution in [0.4, 0.5) is 0 Å². The first-order valence-electron chi connectivity index (χ1n) is 5.44. The van der Waals surface area contributed by atoms with Crippen molar-refractivity contribution in [2.75, 3.05) is 14.2 Å². The zero-order valence-corrected chi connectivity index (χ0v) is 10.0. The van der Waals surface area contributed by atoms with E-state index in [0.29, 0.717) is 5.92 Å². The zero-order chi connectivity index (χ0) is 11.3. The summed E-state index contributed by atoms with van der Waals surface area (Å²) in [5, 5.41) is 0. The predicted molar refractivity (Wildman–Crippen MR) is 62.9 cm³/mol. The quantitative estimate of drug-likeness (QED) is 0.736. The van der Waals surface area contributed by atoms with Gasteiger partial charge in [0.1, 0.15) is 11.5 Å². The summed E-state index contributed by atoms with van der Waals surface area (Å²) in [6.45, 7) is 4.42. The van der Waals surface area contributed by atoms with Gasteiger partial charge in [0, 0.05) is 5.56 Å². The van der Waals surface area contributed by atoms with Gasteiger partial charge in [0.05, 0.1) is 14.2 Å². The lowest BCUT2D eigenvalue weighted by Crippen LogP contribution is -1.98. The van der Waals surface area contributed by atoms with Gasteiger partial charge in [0.25, 0.3) is 0 Å². The molecule has 0 aliphatic rings. The fraction of sp³-hybridized carbons (Fsp3) is 0.538. The second-order valence-electron chi connectivity index (χ2n) is 3.80. The van der Waals surface area contributed by atoms with Crippen molar-refractivity contribution in [3.05, 3.63) is 23.8 Å². The van der Waals surface area contributed by atoms with E-state index < -0.39 is 0 Å². The Balaban J connectivity index is 3.00. The first-order chi connectivity index (χ1) is 7.22. The number of benzene rings is 1. The summed E-state index contributed by atoms with van der Waals surface area (Å²) in [6.07, 6.45) is 2.35. The van der Waals surface area contributed by atoms with Gasteiger partial charge in [-0.2, -0.15) is 0 Å². The first kappa shape index (κ1) is 11.9. The Kier molecular flexibility index (Phi) is 4.47. The molecule has 0 saturated heterocycles. The molecule has 1 aromatic carbocycles. The van der Waals surface area contributed by atoms with Gasteiger partial charge in [-0.15, -0.1) is 0 Å². The lowest BCUT2D eigenvalue weighted by molar-refractivity contribution is 0.394. The minimum Gasteiger partial charge on any atom is -0.497 e. The molecule has 1 atom stereocenters. The van der Waals surface area contributed by atoms with Crippen LogP contribution in [0.15, 0.2) is 18.2 Å². The average molecular weight is 208 g/mol. The van der Waals surface area contributed by atoms with E-state index >= 15 is 0 Å². The molecule has 0 radical (unpaired) electrons. The predicted octanol–water partition coefficient (Wildman–Crippen LogP) is 3.61. The summed E-state index contributed by atoms with van der Waals surface area (Å²) < 4.78 is 10.6. The lowest BCUT2D eigenvalue weighted by Gasteiger charge is -2.15. The molecule has 0 spiro atoms. The third-order valence-electron chi connectivity index (χ3n) is 2.69. The Morgan fingerprint density at radius 3 is 2.47 bits per heavy atom. The van der Waals surface area contributed by atoms with Crippen LogP contribution in [0.2, 0.25) is 0 Å². The van der Waals surface area contributed by atoms with Gasteiger partial charge in [0.15, 0.2) is 0 Å². The molecule has 84 valence electrons. The lowest BCUT2D eigenvalue weighted by atomic mass is 9.95. The maximum Gasteiger partial charge on any atom is 0.122 e. The summed E-state index contributed by atoms with van der Waals surface area (Å²) in [4.78, 5) is 0. The Bertz CT molecular complexity index is 307. The van der Waals surface area contributed by atoms with Crippen molar-refractivity contribution in [2.45, 2.75) is 32.6 Å². The molecular formula is C13H20O2. The molecule has 15 heavy (non-hydrogen) atoms. The average Bonchev–Trinajstić information content (AvgIpc) is 2.28. The molecule has 1 aromatic rings. The van der Waals surface area contributed by atoms with Crippen LogP contribution in [0.5, 0.6) is 11.5 Å². The SMILES string of the molecule is CCCC(C)c1cc(OC)ccc1OC. The maximum absolute atomic E-state index is 5.36. The van der Waals surface area contributed by atoms with E-state index in [1.54, 1.807) is 14.2 Å². The van der Waals surface area contributed by atoms with Gasteiger partial charge in [0.2, 0.25) is 0 Å². The molecule has 0 heterocycles. The van der Waals surface area contributed by atoms with E-state index in [1.807, 2.05) is 12.1 Å². The highest BCUT2D eigenvalue weighted by molar-refractivity contribution is 5.42. The highest BCUT2D eigenvalue weighted by Crippen LogP contribution is 2.32. The molecule has 0 aromatic heterocycles. The van der Waals surface area contributed by atoms with Crippen LogP contribution in [-0.4, -0.2) is 14.2 Å². The highest BCUT2D eigenvalue weighted by Gasteiger charge is 2.11. The van der Waals surface area contributed by atoms with Crippen LogP contribution >= 0.6 is 0 Å². The van der Waals surface area contributed by atoms with Gasteiger partial charge < -0.3 is 9.47 Å². The summed E-state index contributed by atoms with van der Waals surface area (Å²) >= 11 is 0. The van der Waals surface area contributed by atoms with E-state index in [-0.39, 0.29) is 0 Å². The molecule has 2 nitrogen and oxygen atoms in total. The Labute approximate surface area is 92.2 Å². The van der Waals surface area contributed by atoms with Crippen molar-refractivity contribution in [3.8, 4) is 11.5 Å². The largest absolute Gasteiger partial charge is 0.497 e. The van der Waals surface area contributed by atoms with Gasteiger partial charge in [-0.05, 0) is 30.5 Å². The van der Waals surface area contributed by atoms with Crippen molar-refractivity contribution in [1.82, 2.24) is 0 Å². The van der Waals surface area contributed by atoms with Crippen LogP contribution < -0.4 is 9.47 Å². The molecule has 0 fully saturated rings. The Morgan fingerprint density at radius 2 is 1.93 bits per heavy atom. The van der Waals surface area contributed by atoms with Crippen molar-refractivity contribution in [3.63, 3.8) is 0 Å². The first-order valence-corrected chi connectivity index (χ1v) is 5.44. The van der Waals surface area contributed by atoms with E-state index in [4.69, 9.17) is 9.47 Å². The second-order valence-corrected chi connectivity index (χ2v) is 3.80. The van der Waals surface area contributed by atoms with Gasteiger partial charge >= 0.3 is 0 Å². The zero-order valence-electron chi connectivity index (χ0n) is 10.0. The van der Waals surface area contributed by atoms with Gasteiger partial charge in [-0.25, -0.2) is 0 Å². The smallest absolute Gasteiger partial charge is 0.122 e. The topological polar surface area (TPSA) is 18.5 Å². The van der Waals surface area contributed by atoms with Gasteiger partial charge in [-0.1, -0.05) is 20.3 Å². The Morgan fingerprint density at radius 1 is 1.20 bits per heavy atom. The normalized spacial score (nSPS) is 12.3. The monoisotopic (exact) mass is 208 g/mol. The fourth-order valence-corrected chi connectivity index (χ4v) is 1.81. The fourth-order valence-electron chi connectivity index (χ4n) is 1.81. The third-order valence-corrected chi connectivity index (χ3v) is 2.69. The number of hydrogen-bond donors (Lipinski definition) is 0. The summed E-state index contributed by atoms with van der Waals surface area (Å²) in [5.41, 5.74) is 1.23. The minimum absolute atomic E-state index is 0.514. The highest BCUT2D eigenvalue weighted by atomic mass is 16.5. The molecule has 0 aliphatic carbocycles. The number of hydrogen-bond acceptors (Lipinski definition) is 2. The molecule has 0 N–H and O–H groups in total. The number of methoxy groups -OCH3 is 2. The molecule has 1 unspecified atom stereocenters. The standard InChI is InChI=1S/C13H20O2/c1-5-6-10(2)12-9-11(14-3)7-8-13(12)15-4/h7-10H,5-6H2,1-4H3. The van der Waals surface area contributed by atoms with Crippen LogP contribution in [-0.2, 0) is 0 Å². The van der Waals surface area contributed by atoms with E-state index in [0.717, 1.165) is 11.5 Å². The molecular weight excluding hydrogens is 188 g/mol. The second kappa shape index (κ2) is 5.64. The maximum atomic E-state index is 5.36. The van der Waals surface area contributed by atoms with Crippen LogP contribution in [0.3, 0.4) is 0 Å². The molecule has 0 saturated carbocycles. The summed E-state index contributed by atoms with van der Waals surface area (Å²) in [5.74, 6) is 2.37. The van der Waals surface area contributed by atoms with Crippen molar-refractivity contribution >= 4 is 0 Å².